The average molecular weight is 434 g/mol. The molecule has 9 nitrogen and oxygen atoms in total. The van der Waals surface area contributed by atoms with Gasteiger partial charge in [-0.1, -0.05) is 30.3 Å². The number of para-hydroxylation sites is 2. The van der Waals surface area contributed by atoms with E-state index >= 15 is 0 Å². The van der Waals surface area contributed by atoms with Gasteiger partial charge in [-0.2, -0.15) is 4.72 Å². The number of ether oxygens (including phenoxy) is 3. The van der Waals surface area contributed by atoms with Crippen LogP contribution in [-0.4, -0.2) is 52.2 Å². The maximum atomic E-state index is 12.2. The highest BCUT2D eigenvalue weighted by molar-refractivity contribution is 7.89. The minimum atomic E-state index is -3.87. The molecule has 1 heterocycles. The number of nitrogens with one attached hydrogen (secondary N) is 2. The number of fused-ring (bicyclic) bond motifs is 1. The number of amides is 1. The van der Waals surface area contributed by atoms with Gasteiger partial charge < -0.3 is 19.5 Å². The first-order valence-electron chi connectivity index (χ1n) is 9.24. The molecule has 0 aliphatic carbocycles. The third-order valence-corrected chi connectivity index (χ3v) is 5.74. The smallest absolute Gasteiger partial charge is 0.324 e. The van der Waals surface area contributed by atoms with Gasteiger partial charge >= 0.3 is 5.97 Å². The van der Waals surface area contributed by atoms with Crippen LogP contribution in [0, 0.1) is 0 Å². The fourth-order valence-corrected chi connectivity index (χ4v) is 3.87. The monoisotopic (exact) mass is 434 g/mol. The van der Waals surface area contributed by atoms with Crippen LogP contribution in [0.1, 0.15) is 6.92 Å². The van der Waals surface area contributed by atoms with Crippen LogP contribution in [0.5, 0.6) is 11.5 Å². The second-order valence-corrected chi connectivity index (χ2v) is 8.28. The zero-order chi connectivity index (χ0) is 21.6. The third-order valence-electron chi connectivity index (χ3n) is 4.18. The molecule has 0 fully saturated rings. The molecule has 0 aromatic heterocycles. The summed E-state index contributed by atoms with van der Waals surface area (Å²) in [6, 6.07) is 13.7. The number of esters is 1. The number of hydrogen-bond donors (Lipinski definition) is 2. The third kappa shape index (κ3) is 5.71. The summed E-state index contributed by atoms with van der Waals surface area (Å²) in [6.07, 6.45) is -0.379. The Kier molecular flexibility index (Phi) is 6.91. The van der Waals surface area contributed by atoms with Crippen molar-refractivity contribution in [3.63, 3.8) is 0 Å². The molecule has 0 radical (unpaired) electrons. The van der Waals surface area contributed by atoms with Gasteiger partial charge in [-0.25, -0.2) is 8.42 Å². The van der Waals surface area contributed by atoms with Gasteiger partial charge in [0.1, 0.15) is 18.8 Å². The fourth-order valence-electron chi connectivity index (χ4n) is 2.65. The molecule has 1 aliphatic heterocycles. The van der Waals surface area contributed by atoms with Crippen LogP contribution in [0.4, 0.5) is 0 Å². The van der Waals surface area contributed by atoms with E-state index in [4.69, 9.17) is 14.2 Å². The van der Waals surface area contributed by atoms with E-state index in [1.165, 1.54) is 19.1 Å². The van der Waals surface area contributed by atoms with Crippen molar-refractivity contribution < 1.29 is 32.2 Å². The summed E-state index contributed by atoms with van der Waals surface area (Å²) < 4.78 is 42.8. The molecule has 2 aromatic rings. The van der Waals surface area contributed by atoms with Crippen molar-refractivity contribution in [2.24, 2.45) is 0 Å². The topological polar surface area (TPSA) is 120 Å². The van der Waals surface area contributed by atoms with Crippen LogP contribution < -0.4 is 19.5 Å². The van der Waals surface area contributed by atoms with Crippen molar-refractivity contribution in [3.8, 4) is 11.5 Å². The Hall–Kier alpha value is -3.11. The highest BCUT2D eigenvalue weighted by Crippen LogP contribution is 2.30. The molecule has 10 heteroatoms. The van der Waals surface area contributed by atoms with Crippen molar-refractivity contribution in [1.82, 2.24) is 10.0 Å². The Bertz CT molecular complexity index is 995. The molecule has 160 valence electrons. The largest absolute Gasteiger partial charge is 0.486 e. The number of rotatable bonds is 8. The second kappa shape index (κ2) is 9.59. The zero-order valence-electron chi connectivity index (χ0n) is 16.2. The number of carbonyl (C=O) groups excluding carboxylic acids is 2. The molecule has 2 atom stereocenters. The van der Waals surface area contributed by atoms with E-state index in [1.807, 2.05) is 12.1 Å². The molecule has 0 spiro atoms. The van der Waals surface area contributed by atoms with E-state index < -0.39 is 34.5 Å². The number of benzene rings is 2. The van der Waals surface area contributed by atoms with E-state index in [0.717, 1.165) is 0 Å². The first-order chi connectivity index (χ1) is 14.3. The molecule has 30 heavy (non-hydrogen) atoms. The maximum Gasteiger partial charge on any atom is 0.324 e. The first-order valence-corrected chi connectivity index (χ1v) is 10.7. The van der Waals surface area contributed by atoms with Gasteiger partial charge in [-0.3, -0.25) is 9.59 Å². The number of sulfonamides is 1. The second-order valence-electron chi connectivity index (χ2n) is 6.57. The van der Waals surface area contributed by atoms with Crippen LogP contribution in [0.3, 0.4) is 0 Å². The van der Waals surface area contributed by atoms with Crippen LogP contribution in [0.25, 0.3) is 0 Å². The van der Waals surface area contributed by atoms with Gasteiger partial charge in [0.05, 0.1) is 11.4 Å². The van der Waals surface area contributed by atoms with Crippen LogP contribution >= 0.6 is 0 Å². The lowest BCUT2D eigenvalue weighted by Crippen LogP contribution is -2.43. The van der Waals surface area contributed by atoms with Crippen molar-refractivity contribution in [3.05, 3.63) is 54.6 Å². The Morgan fingerprint density at radius 2 is 1.77 bits per heavy atom. The normalized spacial score (nSPS) is 16.4. The Morgan fingerprint density at radius 1 is 1.10 bits per heavy atom. The van der Waals surface area contributed by atoms with Crippen molar-refractivity contribution in [2.45, 2.75) is 24.0 Å². The predicted octanol–water partition coefficient (Wildman–Crippen LogP) is 0.853. The first kappa shape index (κ1) is 21.6. The minimum absolute atomic E-state index is 0.0265. The lowest BCUT2D eigenvalue weighted by atomic mass is 10.2. The fraction of sp³-hybridized carbons (Fsp3) is 0.300. The molecule has 3 rings (SSSR count). The van der Waals surface area contributed by atoms with Gasteiger partial charge in [0.15, 0.2) is 18.1 Å². The van der Waals surface area contributed by atoms with E-state index in [9.17, 15) is 18.0 Å². The van der Waals surface area contributed by atoms with E-state index in [1.54, 1.807) is 30.3 Å². The summed E-state index contributed by atoms with van der Waals surface area (Å²) in [5.41, 5.74) is 0. The summed E-state index contributed by atoms with van der Waals surface area (Å²) in [6.45, 7) is 1.24. The van der Waals surface area contributed by atoms with Crippen molar-refractivity contribution >= 4 is 21.9 Å². The molecular formula is C20H22N2O7S. The lowest BCUT2D eigenvalue weighted by Gasteiger charge is -2.26. The highest BCUT2D eigenvalue weighted by Gasteiger charge is 2.24. The van der Waals surface area contributed by atoms with E-state index in [-0.39, 0.29) is 24.2 Å². The summed E-state index contributed by atoms with van der Waals surface area (Å²) >= 11 is 0. The Labute approximate surface area is 174 Å². The zero-order valence-corrected chi connectivity index (χ0v) is 17.1. The lowest BCUT2D eigenvalue weighted by molar-refractivity contribution is -0.149. The molecule has 2 N–H and O–H groups in total. The summed E-state index contributed by atoms with van der Waals surface area (Å²) in [4.78, 5) is 24.0. The molecule has 2 aromatic carbocycles. The quantitative estimate of drug-likeness (QED) is 0.591. The van der Waals surface area contributed by atoms with Gasteiger partial charge in [0.2, 0.25) is 10.0 Å². The molecule has 0 saturated heterocycles. The van der Waals surface area contributed by atoms with E-state index in [0.29, 0.717) is 11.5 Å². The van der Waals surface area contributed by atoms with Crippen molar-refractivity contribution in [2.75, 3.05) is 19.8 Å². The maximum absolute atomic E-state index is 12.2. The predicted molar refractivity (Wildman–Crippen MR) is 107 cm³/mol. The molecule has 0 saturated carbocycles. The molecule has 1 aliphatic rings. The summed E-state index contributed by atoms with van der Waals surface area (Å²) in [5.74, 6) is -0.172. The summed E-state index contributed by atoms with van der Waals surface area (Å²) in [7, 11) is -3.87. The highest BCUT2D eigenvalue weighted by atomic mass is 32.2. The van der Waals surface area contributed by atoms with Crippen LogP contribution in [0.15, 0.2) is 59.5 Å². The van der Waals surface area contributed by atoms with Crippen LogP contribution in [-0.2, 0) is 24.3 Å². The molecule has 0 bridgehead atoms. The Morgan fingerprint density at radius 3 is 2.50 bits per heavy atom. The molecule has 1 amide bonds. The summed E-state index contributed by atoms with van der Waals surface area (Å²) in [5, 5.41) is 2.59. The van der Waals surface area contributed by atoms with Crippen molar-refractivity contribution in [1.29, 1.82) is 0 Å². The SMILES string of the molecule is C[C@H](NS(=O)(=O)c1ccccc1)C(=O)OCC(=O)NCC1COc2ccccc2O1. The average Bonchev–Trinajstić information content (AvgIpc) is 2.76. The number of hydrogen-bond acceptors (Lipinski definition) is 7. The van der Waals surface area contributed by atoms with Gasteiger partial charge in [-0.15, -0.1) is 0 Å². The molecular weight excluding hydrogens is 412 g/mol. The van der Waals surface area contributed by atoms with Crippen LogP contribution in [0.2, 0.25) is 0 Å². The van der Waals surface area contributed by atoms with Gasteiger partial charge in [0, 0.05) is 0 Å². The standard InChI is InChI=1S/C20H22N2O7S/c1-14(22-30(25,26)16-7-3-2-4-8-16)20(24)28-13-19(23)21-11-15-12-27-17-9-5-6-10-18(17)29-15/h2-10,14-15,22H,11-13H2,1H3,(H,21,23)/t14-,15?/m0/s1. The molecule has 1 unspecified atom stereocenters. The van der Waals surface area contributed by atoms with Gasteiger partial charge in [0.25, 0.3) is 5.91 Å². The number of carbonyl (C=O) groups is 2. The van der Waals surface area contributed by atoms with E-state index in [2.05, 4.69) is 10.0 Å². The Balaban J connectivity index is 1.40. The minimum Gasteiger partial charge on any atom is -0.486 e. The van der Waals surface area contributed by atoms with Gasteiger partial charge in [-0.05, 0) is 31.2 Å².